The summed E-state index contributed by atoms with van der Waals surface area (Å²) in [6, 6.07) is 15.1. The second-order valence-corrected chi connectivity index (χ2v) is 6.81. The molecule has 1 atom stereocenters. The van der Waals surface area contributed by atoms with E-state index in [1.165, 1.54) is 0 Å². The molecule has 4 nitrogen and oxygen atoms in total. The van der Waals surface area contributed by atoms with Crippen molar-refractivity contribution < 1.29 is 9.53 Å². The van der Waals surface area contributed by atoms with Crippen molar-refractivity contribution in [3.05, 3.63) is 64.1 Å². The third-order valence-corrected chi connectivity index (χ3v) is 4.92. The third-order valence-electron chi connectivity index (χ3n) is 4.18. The molecule has 1 N–H and O–H groups in total. The normalized spacial score (nSPS) is 18.1. The number of carbonyl (C=O) groups excluding carboxylic acids is 1. The van der Waals surface area contributed by atoms with Gasteiger partial charge in [-0.15, -0.1) is 0 Å². The van der Waals surface area contributed by atoms with E-state index in [0.717, 1.165) is 24.3 Å². The van der Waals surface area contributed by atoms with Crippen LogP contribution < -0.4 is 5.32 Å². The minimum absolute atomic E-state index is 0.0174. The van der Waals surface area contributed by atoms with Gasteiger partial charge in [-0.3, -0.25) is 9.69 Å². The molecule has 1 amide bonds. The molecule has 132 valence electrons. The van der Waals surface area contributed by atoms with Crippen LogP contribution in [0.25, 0.3) is 0 Å². The maximum atomic E-state index is 12.1. The Kier molecular flexibility index (Phi) is 6.32. The van der Waals surface area contributed by atoms with Crippen molar-refractivity contribution in [3.63, 3.8) is 0 Å². The zero-order valence-corrected chi connectivity index (χ0v) is 15.3. The van der Waals surface area contributed by atoms with Gasteiger partial charge in [-0.25, -0.2) is 0 Å². The van der Waals surface area contributed by atoms with Gasteiger partial charge in [-0.2, -0.15) is 0 Å². The molecule has 0 aromatic heterocycles. The van der Waals surface area contributed by atoms with E-state index in [1.807, 2.05) is 42.5 Å². The number of nitrogens with one attached hydrogen (secondary N) is 1. The summed E-state index contributed by atoms with van der Waals surface area (Å²) < 4.78 is 5.85. The molecule has 1 saturated heterocycles. The van der Waals surface area contributed by atoms with E-state index in [1.54, 1.807) is 6.07 Å². The van der Waals surface area contributed by atoms with Crippen molar-refractivity contribution >= 4 is 34.8 Å². The van der Waals surface area contributed by atoms with Crippen molar-refractivity contribution in [2.24, 2.45) is 0 Å². The van der Waals surface area contributed by atoms with Crippen LogP contribution in [0.4, 0.5) is 5.69 Å². The van der Waals surface area contributed by atoms with E-state index in [4.69, 9.17) is 27.9 Å². The lowest BCUT2D eigenvalue weighted by Crippen LogP contribution is -2.39. The van der Waals surface area contributed by atoms with Crippen LogP contribution in [0, 0.1) is 0 Å². The van der Waals surface area contributed by atoms with Gasteiger partial charge in [-0.05, 0) is 29.8 Å². The molecule has 2 aromatic rings. The highest BCUT2D eigenvalue weighted by Crippen LogP contribution is 2.29. The number of benzene rings is 2. The Bertz CT molecular complexity index is 725. The number of carbonyl (C=O) groups is 1. The number of amides is 1. The number of anilines is 1. The highest BCUT2D eigenvalue weighted by atomic mass is 35.5. The molecule has 25 heavy (non-hydrogen) atoms. The van der Waals surface area contributed by atoms with Crippen molar-refractivity contribution in [1.29, 1.82) is 0 Å². The van der Waals surface area contributed by atoms with Gasteiger partial charge in [0.15, 0.2) is 0 Å². The fraction of sp³-hybridized carbons (Fsp3) is 0.316. The van der Waals surface area contributed by atoms with Gasteiger partial charge in [0.05, 0.1) is 22.8 Å². The van der Waals surface area contributed by atoms with E-state index in [2.05, 4.69) is 10.2 Å². The van der Waals surface area contributed by atoms with E-state index in [-0.39, 0.29) is 12.0 Å². The summed E-state index contributed by atoms with van der Waals surface area (Å²) in [4.78, 5) is 14.3. The van der Waals surface area contributed by atoms with Gasteiger partial charge in [0, 0.05) is 31.7 Å². The number of ether oxygens (including phenoxy) is 1. The fourth-order valence-electron chi connectivity index (χ4n) is 2.82. The van der Waals surface area contributed by atoms with Crippen LogP contribution in [0.3, 0.4) is 0 Å². The number of nitrogens with zero attached hydrogens (tertiary/aromatic N) is 1. The second-order valence-electron chi connectivity index (χ2n) is 6.00. The molecule has 0 spiro atoms. The summed E-state index contributed by atoms with van der Waals surface area (Å²) in [6.45, 7) is 2.87. The van der Waals surface area contributed by atoms with Crippen LogP contribution >= 0.6 is 23.2 Å². The van der Waals surface area contributed by atoms with Gasteiger partial charge < -0.3 is 10.1 Å². The number of halogens is 2. The topological polar surface area (TPSA) is 41.6 Å². The number of morpholine rings is 1. The van der Waals surface area contributed by atoms with E-state index >= 15 is 0 Å². The number of para-hydroxylation sites is 1. The maximum absolute atomic E-state index is 12.1. The first-order valence-electron chi connectivity index (χ1n) is 8.25. The van der Waals surface area contributed by atoms with E-state index in [0.29, 0.717) is 29.6 Å². The number of hydrogen-bond acceptors (Lipinski definition) is 3. The fourth-order valence-corrected chi connectivity index (χ4v) is 3.13. The van der Waals surface area contributed by atoms with Crippen molar-refractivity contribution in [2.45, 2.75) is 12.5 Å². The molecular weight excluding hydrogens is 359 g/mol. The van der Waals surface area contributed by atoms with Gasteiger partial charge >= 0.3 is 0 Å². The lowest BCUT2D eigenvalue weighted by atomic mass is 10.1. The summed E-state index contributed by atoms with van der Waals surface area (Å²) in [7, 11) is 0. The average molecular weight is 379 g/mol. The molecule has 0 bridgehead atoms. The Morgan fingerprint density at radius 1 is 1.16 bits per heavy atom. The predicted octanol–water partition coefficient (Wildman–Crippen LogP) is 4.40. The molecule has 1 heterocycles. The van der Waals surface area contributed by atoms with Crippen LogP contribution in [-0.2, 0) is 9.53 Å². The zero-order valence-electron chi connectivity index (χ0n) is 13.8. The zero-order chi connectivity index (χ0) is 17.6. The van der Waals surface area contributed by atoms with Crippen molar-refractivity contribution in [1.82, 2.24) is 4.90 Å². The van der Waals surface area contributed by atoms with Gasteiger partial charge in [-0.1, -0.05) is 47.5 Å². The van der Waals surface area contributed by atoms with E-state index in [9.17, 15) is 4.79 Å². The molecule has 1 unspecified atom stereocenters. The van der Waals surface area contributed by atoms with Gasteiger partial charge in [0.25, 0.3) is 0 Å². The Labute approximate surface area is 157 Å². The first kappa shape index (κ1) is 18.2. The first-order valence-corrected chi connectivity index (χ1v) is 9.01. The molecule has 0 aliphatic carbocycles. The molecular formula is C19H20Cl2N2O2. The largest absolute Gasteiger partial charge is 0.371 e. The molecule has 1 fully saturated rings. The monoisotopic (exact) mass is 378 g/mol. The lowest BCUT2D eigenvalue weighted by molar-refractivity contribution is -0.117. The summed E-state index contributed by atoms with van der Waals surface area (Å²) in [5, 5.41) is 3.98. The predicted molar refractivity (Wildman–Crippen MR) is 101 cm³/mol. The molecule has 0 radical (unpaired) electrons. The summed E-state index contributed by atoms with van der Waals surface area (Å²) in [6.07, 6.45) is 0.393. The van der Waals surface area contributed by atoms with Crippen LogP contribution in [0.2, 0.25) is 10.0 Å². The standard InChI is InChI=1S/C19H20Cl2N2O2/c20-16-7-6-14(12-17(16)21)18-13-23(10-11-25-18)9-8-19(24)22-15-4-2-1-3-5-15/h1-7,12,18H,8-11,13H2,(H,22,24). The molecule has 1 aliphatic heterocycles. The van der Waals surface area contributed by atoms with E-state index < -0.39 is 0 Å². The van der Waals surface area contributed by atoms with Gasteiger partial charge in [0.2, 0.25) is 5.91 Å². The quantitative estimate of drug-likeness (QED) is 0.838. The minimum Gasteiger partial charge on any atom is -0.371 e. The van der Waals surface area contributed by atoms with Crippen molar-refractivity contribution in [3.8, 4) is 0 Å². The Balaban J connectivity index is 1.51. The first-order chi connectivity index (χ1) is 12.1. The Morgan fingerprint density at radius 3 is 2.72 bits per heavy atom. The molecule has 2 aromatic carbocycles. The number of rotatable bonds is 5. The molecule has 1 aliphatic rings. The summed E-state index contributed by atoms with van der Waals surface area (Å²) in [5.41, 5.74) is 1.83. The highest BCUT2D eigenvalue weighted by molar-refractivity contribution is 6.42. The minimum atomic E-state index is -0.0549. The molecule has 6 heteroatoms. The highest BCUT2D eigenvalue weighted by Gasteiger charge is 2.22. The number of hydrogen-bond donors (Lipinski definition) is 1. The smallest absolute Gasteiger partial charge is 0.225 e. The van der Waals surface area contributed by atoms with Crippen LogP contribution in [0.5, 0.6) is 0 Å². The van der Waals surface area contributed by atoms with Crippen molar-refractivity contribution in [2.75, 3.05) is 31.6 Å². The SMILES string of the molecule is O=C(CCN1CCOC(c2ccc(Cl)c(Cl)c2)C1)Nc1ccccc1. The second kappa shape index (κ2) is 8.68. The average Bonchev–Trinajstić information content (AvgIpc) is 2.63. The van der Waals surface area contributed by atoms with Crippen LogP contribution in [0.15, 0.2) is 48.5 Å². The Morgan fingerprint density at radius 2 is 1.96 bits per heavy atom. The third kappa shape index (κ3) is 5.19. The molecule has 0 saturated carbocycles. The summed E-state index contributed by atoms with van der Waals surface area (Å²) >= 11 is 12.1. The lowest BCUT2D eigenvalue weighted by Gasteiger charge is -2.33. The summed E-state index contributed by atoms with van der Waals surface area (Å²) in [5.74, 6) is 0.0174. The van der Waals surface area contributed by atoms with Crippen LogP contribution in [-0.4, -0.2) is 37.0 Å². The molecule has 3 rings (SSSR count). The van der Waals surface area contributed by atoms with Gasteiger partial charge in [0.1, 0.15) is 0 Å². The maximum Gasteiger partial charge on any atom is 0.225 e. The Hall–Kier alpha value is -1.59. The van der Waals surface area contributed by atoms with Crippen LogP contribution in [0.1, 0.15) is 18.1 Å².